The van der Waals surface area contributed by atoms with Crippen molar-refractivity contribution in [3.8, 4) is 0 Å². The van der Waals surface area contributed by atoms with E-state index in [1.54, 1.807) is 0 Å². The summed E-state index contributed by atoms with van der Waals surface area (Å²) in [5.41, 5.74) is 7.89. The summed E-state index contributed by atoms with van der Waals surface area (Å²) in [6, 6.07) is 10.8. The Morgan fingerprint density at radius 3 is 2.39 bits per heavy atom. The molecule has 0 aliphatic rings. The van der Waals surface area contributed by atoms with Gasteiger partial charge in [0.2, 0.25) is 11.9 Å². The predicted octanol–water partition coefficient (Wildman–Crippen LogP) is 3.22. The van der Waals surface area contributed by atoms with E-state index in [1.807, 2.05) is 41.9 Å². The van der Waals surface area contributed by atoms with Crippen LogP contribution < -0.4 is 16.4 Å². The van der Waals surface area contributed by atoms with Crippen molar-refractivity contribution in [3.63, 3.8) is 0 Å². The van der Waals surface area contributed by atoms with Gasteiger partial charge in [0.25, 0.3) is 0 Å². The number of hydrogen-bond donors (Lipinski definition) is 3. The molecule has 28 heavy (non-hydrogen) atoms. The molecule has 0 radical (unpaired) electrons. The van der Waals surface area contributed by atoms with E-state index in [2.05, 4.69) is 58.2 Å². The van der Waals surface area contributed by atoms with Crippen LogP contribution in [0.1, 0.15) is 27.7 Å². The molecule has 0 aliphatic carbocycles. The van der Waals surface area contributed by atoms with Gasteiger partial charge in [-0.15, -0.1) is 0 Å². The topological polar surface area (TPSA) is 96.9 Å². The number of rotatable bonds is 8. The quantitative estimate of drug-likeness (QED) is 0.550. The van der Waals surface area contributed by atoms with Crippen molar-refractivity contribution in [2.24, 2.45) is 7.05 Å². The standard InChI is InChI=1S/C20H30N8/c1-13(2)28(14(3)4)11-10-22-17-12-18(25-19(21)24-17)26-20-23-15-8-6-7-9-16(15)27(20)5/h6-9,12-14H,10-11H2,1-5H3,(H4,21,22,23,24,25,26). The first-order chi connectivity index (χ1) is 13.3. The first-order valence-corrected chi connectivity index (χ1v) is 9.68. The molecular weight excluding hydrogens is 352 g/mol. The Morgan fingerprint density at radius 2 is 1.71 bits per heavy atom. The largest absolute Gasteiger partial charge is 0.369 e. The van der Waals surface area contributed by atoms with Crippen LogP contribution >= 0.6 is 0 Å². The van der Waals surface area contributed by atoms with Crippen LogP contribution in [-0.2, 0) is 7.05 Å². The highest BCUT2D eigenvalue weighted by molar-refractivity contribution is 5.79. The lowest BCUT2D eigenvalue weighted by Gasteiger charge is -2.30. The van der Waals surface area contributed by atoms with Crippen LogP contribution in [-0.4, -0.2) is 49.6 Å². The van der Waals surface area contributed by atoms with Gasteiger partial charge >= 0.3 is 0 Å². The van der Waals surface area contributed by atoms with Crippen molar-refractivity contribution in [2.75, 3.05) is 29.5 Å². The number of fused-ring (bicyclic) bond motifs is 1. The molecule has 4 N–H and O–H groups in total. The average molecular weight is 383 g/mol. The molecule has 0 fully saturated rings. The molecule has 0 bridgehead atoms. The Labute approximate surface area is 166 Å². The molecule has 2 aromatic heterocycles. The van der Waals surface area contributed by atoms with Crippen LogP contribution in [0.2, 0.25) is 0 Å². The first-order valence-electron chi connectivity index (χ1n) is 9.68. The van der Waals surface area contributed by atoms with Crippen LogP contribution in [0, 0.1) is 0 Å². The first kappa shape index (κ1) is 19.9. The zero-order chi connectivity index (χ0) is 20.3. The number of nitrogens with one attached hydrogen (secondary N) is 2. The number of aryl methyl sites for hydroxylation is 1. The van der Waals surface area contributed by atoms with Gasteiger partial charge in [0.1, 0.15) is 11.6 Å². The van der Waals surface area contributed by atoms with E-state index in [9.17, 15) is 0 Å². The molecule has 0 aliphatic heterocycles. The predicted molar refractivity (Wildman–Crippen MR) is 116 cm³/mol. The third-order valence-electron chi connectivity index (χ3n) is 4.77. The van der Waals surface area contributed by atoms with Crippen molar-refractivity contribution in [1.82, 2.24) is 24.4 Å². The fraction of sp³-hybridized carbons (Fsp3) is 0.450. The molecule has 1 aromatic carbocycles. The van der Waals surface area contributed by atoms with E-state index in [1.165, 1.54) is 0 Å². The van der Waals surface area contributed by atoms with E-state index in [0.717, 1.165) is 24.1 Å². The van der Waals surface area contributed by atoms with E-state index in [0.29, 0.717) is 29.7 Å². The number of imidazole rings is 1. The molecule has 8 nitrogen and oxygen atoms in total. The number of nitrogens with zero attached hydrogens (tertiary/aromatic N) is 5. The van der Waals surface area contributed by atoms with Gasteiger partial charge < -0.3 is 20.9 Å². The smallest absolute Gasteiger partial charge is 0.223 e. The van der Waals surface area contributed by atoms with Gasteiger partial charge in [-0.25, -0.2) is 4.98 Å². The Bertz CT molecular complexity index is 923. The molecule has 0 atom stereocenters. The second kappa shape index (κ2) is 8.43. The lowest BCUT2D eigenvalue weighted by Crippen LogP contribution is -2.40. The number of para-hydroxylation sites is 2. The monoisotopic (exact) mass is 382 g/mol. The summed E-state index contributed by atoms with van der Waals surface area (Å²) in [7, 11) is 1.97. The van der Waals surface area contributed by atoms with Gasteiger partial charge in [0.05, 0.1) is 11.0 Å². The normalized spacial score (nSPS) is 11.7. The summed E-state index contributed by atoms with van der Waals surface area (Å²) in [5.74, 6) is 2.23. The third kappa shape index (κ3) is 4.51. The number of hydrogen-bond acceptors (Lipinski definition) is 7. The minimum Gasteiger partial charge on any atom is -0.369 e. The molecule has 3 rings (SSSR count). The zero-order valence-corrected chi connectivity index (χ0v) is 17.3. The molecule has 0 amide bonds. The van der Waals surface area contributed by atoms with Crippen molar-refractivity contribution in [1.29, 1.82) is 0 Å². The minimum atomic E-state index is 0.218. The van der Waals surface area contributed by atoms with E-state index < -0.39 is 0 Å². The molecule has 8 heteroatoms. The maximum atomic E-state index is 5.91. The summed E-state index contributed by atoms with van der Waals surface area (Å²) in [6.45, 7) is 10.5. The average Bonchev–Trinajstić information content (AvgIpc) is 2.93. The maximum Gasteiger partial charge on any atom is 0.223 e. The summed E-state index contributed by atoms with van der Waals surface area (Å²) >= 11 is 0. The van der Waals surface area contributed by atoms with Crippen LogP contribution in [0.4, 0.5) is 23.5 Å². The highest BCUT2D eigenvalue weighted by Crippen LogP contribution is 2.22. The lowest BCUT2D eigenvalue weighted by molar-refractivity contribution is 0.182. The molecule has 0 saturated heterocycles. The second-order valence-electron chi connectivity index (χ2n) is 7.46. The highest BCUT2D eigenvalue weighted by atomic mass is 15.2. The molecule has 0 unspecified atom stereocenters. The van der Waals surface area contributed by atoms with E-state index >= 15 is 0 Å². The van der Waals surface area contributed by atoms with Crippen molar-refractivity contribution < 1.29 is 0 Å². The van der Waals surface area contributed by atoms with Crippen LogP contribution in [0.3, 0.4) is 0 Å². The molecule has 0 saturated carbocycles. The number of anilines is 4. The van der Waals surface area contributed by atoms with Gasteiger partial charge in [0, 0.05) is 38.3 Å². The van der Waals surface area contributed by atoms with Gasteiger partial charge in [-0.3, -0.25) is 4.90 Å². The van der Waals surface area contributed by atoms with Crippen LogP contribution in [0.5, 0.6) is 0 Å². The molecule has 150 valence electrons. The molecule has 0 spiro atoms. The summed E-state index contributed by atoms with van der Waals surface area (Å²) in [6.07, 6.45) is 0. The van der Waals surface area contributed by atoms with Crippen LogP contribution in [0.25, 0.3) is 11.0 Å². The number of nitrogen functional groups attached to an aromatic ring is 1. The van der Waals surface area contributed by atoms with Gasteiger partial charge in [-0.2, -0.15) is 9.97 Å². The Hall–Kier alpha value is -2.87. The summed E-state index contributed by atoms with van der Waals surface area (Å²) in [4.78, 5) is 15.6. The number of benzene rings is 1. The lowest BCUT2D eigenvalue weighted by atomic mass is 10.2. The fourth-order valence-corrected chi connectivity index (χ4v) is 3.42. The van der Waals surface area contributed by atoms with Crippen LogP contribution in [0.15, 0.2) is 30.3 Å². The Kier molecular flexibility index (Phi) is 5.99. The van der Waals surface area contributed by atoms with Crippen molar-refractivity contribution in [2.45, 2.75) is 39.8 Å². The van der Waals surface area contributed by atoms with E-state index in [4.69, 9.17) is 5.73 Å². The second-order valence-corrected chi connectivity index (χ2v) is 7.46. The summed E-state index contributed by atoms with van der Waals surface area (Å²) in [5, 5.41) is 6.60. The van der Waals surface area contributed by atoms with Gasteiger partial charge in [-0.1, -0.05) is 12.1 Å². The summed E-state index contributed by atoms with van der Waals surface area (Å²) < 4.78 is 1.99. The maximum absolute atomic E-state index is 5.91. The molecule has 3 aromatic rings. The Balaban J connectivity index is 1.71. The molecular formula is C20H30N8. The van der Waals surface area contributed by atoms with E-state index in [-0.39, 0.29) is 5.95 Å². The van der Waals surface area contributed by atoms with Gasteiger partial charge in [-0.05, 0) is 39.8 Å². The number of nitrogens with two attached hydrogens (primary N) is 1. The van der Waals surface area contributed by atoms with Crippen molar-refractivity contribution in [3.05, 3.63) is 30.3 Å². The highest BCUT2D eigenvalue weighted by Gasteiger charge is 2.13. The third-order valence-corrected chi connectivity index (χ3v) is 4.77. The van der Waals surface area contributed by atoms with Gasteiger partial charge in [0.15, 0.2) is 0 Å². The zero-order valence-electron chi connectivity index (χ0n) is 17.3. The minimum absolute atomic E-state index is 0.218. The fourth-order valence-electron chi connectivity index (χ4n) is 3.42. The van der Waals surface area contributed by atoms with Crippen molar-refractivity contribution >= 4 is 34.6 Å². The number of aromatic nitrogens is 4. The Morgan fingerprint density at radius 1 is 1.04 bits per heavy atom. The SMILES string of the molecule is CC(C)N(CCNc1cc(Nc2nc3ccccc3n2C)nc(N)n1)C(C)C. The molecule has 2 heterocycles.